The number of nitrogens with zero attached hydrogens (tertiary/aromatic N) is 4. The predicted molar refractivity (Wildman–Crippen MR) is 87.4 cm³/mol. The van der Waals surface area contributed by atoms with Gasteiger partial charge in [-0.25, -0.2) is 4.79 Å². The molecule has 0 radical (unpaired) electrons. The van der Waals surface area contributed by atoms with Crippen LogP contribution in [0, 0.1) is 0 Å². The van der Waals surface area contributed by atoms with E-state index in [2.05, 4.69) is 16.9 Å². The minimum atomic E-state index is -0.591. The highest BCUT2D eigenvalue weighted by Crippen LogP contribution is 2.21. The Morgan fingerprint density at radius 3 is 2.78 bits per heavy atom. The van der Waals surface area contributed by atoms with Gasteiger partial charge in [-0.05, 0) is 24.4 Å². The topological polar surface area (TPSA) is 71.6 Å². The molecule has 3 heterocycles. The van der Waals surface area contributed by atoms with E-state index in [1.165, 1.54) is 11.3 Å². The Balaban J connectivity index is 1.61. The summed E-state index contributed by atoms with van der Waals surface area (Å²) in [7, 11) is 0. The number of carbonyl (C=O) groups excluding carboxylic acids is 1. The molecule has 1 amide bonds. The van der Waals surface area contributed by atoms with Crippen LogP contribution >= 0.6 is 11.3 Å². The molecule has 1 aliphatic rings. The van der Waals surface area contributed by atoms with Crippen LogP contribution in [-0.2, 0) is 11.3 Å². The van der Waals surface area contributed by atoms with E-state index in [1.807, 2.05) is 17.5 Å². The van der Waals surface area contributed by atoms with Gasteiger partial charge in [-0.3, -0.25) is 9.69 Å². The van der Waals surface area contributed by atoms with Gasteiger partial charge in [0, 0.05) is 26.2 Å². The largest absolute Gasteiger partial charge is 0.437 e. The summed E-state index contributed by atoms with van der Waals surface area (Å²) in [4.78, 5) is 29.1. The molecule has 0 saturated carbocycles. The Bertz CT molecular complexity index is 699. The Kier molecular flexibility index (Phi) is 4.92. The predicted octanol–water partition coefficient (Wildman–Crippen LogP) is 1.12. The molecule has 23 heavy (non-hydrogen) atoms. The molecule has 7 nitrogen and oxygen atoms in total. The van der Waals surface area contributed by atoms with E-state index in [1.54, 1.807) is 4.90 Å². The fourth-order valence-electron chi connectivity index (χ4n) is 2.67. The summed E-state index contributed by atoms with van der Waals surface area (Å²) < 4.78 is 6.23. The van der Waals surface area contributed by atoms with E-state index in [4.69, 9.17) is 4.42 Å². The fourth-order valence-corrected chi connectivity index (χ4v) is 3.32. The number of thiophene rings is 1. The molecular formula is C15H20N4O3S. The van der Waals surface area contributed by atoms with Crippen molar-refractivity contribution >= 4 is 17.2 Å². The van der Waals surface area contributed by atoms with Gasteiger partial charge in [0.1, 0.15) is 6.54 Å². The summed E-state index contributed by atoms with van der Waals surface area (Å²) in [5.41, 5.74) is 0. The molecule has 124 valence electrons. The standard InChI is InChI=1S/C15H20N4O3S/c1-2-5-17-6-8-18(9-7-17)13(20)11-19-15(21)22-14(16-19)12-4-3-10-23-12/h3-4,10H,2,5-9,11H2,1H3. The molecule has 0 N–H and O–H groups in total. The van der Waals surface area contributed by atoms with Crippen LogP contribution in [0.2, 0.25) is 0 Å². The molecule has 0 aromatic carbocycles. The lowest BCUT2D eigenvalue weighted by atomic mass is 10.3. The van der Waals surface area contributed by atoms with Crippen molar-refractivity contribution in [1.82, 2.24) is 19.6 Å². The highest BCUT2D eigenvalue weighted by Gasteiger charge is 2.22. The first-order chi connectivity index (χ1) is 11.2. The zero-order chi connectivity index (χ0) is 16.2. The second-order valence-corrected chi connectivity index (χ2v) is 6.48. The van der Waals surface area contributed by atoms with Gasteiger partial charge < -0.3 is 9.32 Å². The third-order valence-electron chi connectivity index (χ3n) is 3.89. The summed E-state index contributed by atoms with van der Waals surface area (Å²) >= 11 is 1.44. The first-order valence-corrected chi connectivity index (χ1v) is 8.67. The number of amides is 1. The van der Waals surface area contributed by atoms with Crippen LogP contribution in [0.4, 0.5) is 0 Å². The molecule has 2 aromatic rings. The highest BCUT2D eigenvalue weighted by atomic mass is 32.1. The number of rotatable bonds is 5. The average molecular weight is 336 g/mol. The van der Waals surface area contributed by atoms with Crippen molar-refractivity contribution < 1.29 is 9.21 Å². The minimum absolute atomic E-state index is 0.0680. The van der Waals surface area contributed by atoms with Crippen LogP contribution < -0.4 is 5.76 Å². The molecule has 8 heteroatoms. The second-order valence-electron chi connectivity index (χ2n) is 5.53. The van der Waals surface area contributed by atoms with Crippen molar-refractivity contribution in [3.05, 3.63) is 28.1 Å². The highest BCUT2D eigenvalue weighted by molar-refractivity contribution is 7.13. The first kappa shape index (κ1) is 15.9. The summed E-state index contributed by atoms with van der Waals surface area (Å²) in [6.07, 6.45) is 1.12. The Labute approximate surface area is 138 Å². The lowest BCUT2D eigenvalue weighted by Crippen LogP contribution is -2.50. The van der Waals surface area contributed by atoms with E-state index in [-0.39, 0.29) is 18.3 Å². The quantitative estimate of drug-likeness (QED) is 0.818. The maximum absolute atomic E-state index is 12.3. The van der Waals surface area contributed by atoms with Crippen LogP contribution in [0.5, 0.6) is 0 Å². The summed E-state index contributed by atoms with van der Waals surface area (Å²) in [5, 5.41) is 6.01. The smallest absolute Gasteiger partial charge is 0.387 e. The number of piperazine rings is 1. The number of carbonyl (C=O) groups is 1. The lowest BCUT2D eigenvalue weighted by molar-refractivity contribution is -0.133. The Morgan fingerprint density at radius 2 is 2.13 bits per heavy atom. The van der Waals surface area contributed by atoms with Gasteiger partial charge in [0.2, 0.25) is 5.91 Å². The van der Waals surface area contributed by atoms with Crippen molar-refractivity contribution in [2.24, 2.45) is 0 Å². The van der Waals surface area contributed by atoms with Crippen LogP contribution in [0.25, 0.3) is 10.8 Å². The maximum atomic E-state index is 12.3. The summed E-state index contributed by atoms with van der Waals surface area (Å²) in [6.45, 7) is 6.31. The van der Waals surface area contributed by atoms with Crippen LogP contribution in [0.3, 0.4) is 0 Å². The average Bonchev–Trinajstić information content (AvgIpc) is 3.19. The van der Waals surface area contributed by atoms with Crippen molar-refractivity contribution in [3.8, 4) is 10.8 Å². The number of hydrogen-bond donors (Lipinski definition) is 0. The Hall–Kier alpha value is -1.93. The molecule has 2 aromatic heterocycles. The third-order valence-corrected chi connectivity index (χ3v) is 4.75. The molecule has 1 fully saturated rings. The molecule has 0 bridgehead atoms. The van der Waals surface area contributed by atoms with Crippen LogP contribution in [0.1, 0.15) is 13.3 Å². The van der Waals surface area contributed by atoms with Gasteiger partial charge in [-0.2, -0.15) is 4.68 Å². The molecule has 1 saturated heterocycles. The van der Waals surface area contributed by atoms with Crippen LogP contribution in [-0.4, -0.2) is 58.2 Å². The third kappa shape index (κ3) is 3.70. The van der Waals surface area contributed by atoms with E-state index < -0.39 is 5.76 Å². The second kappa shape index (κ2) is 7.10. The van der Waals surface area contributed by atoms with Gasteiger partial charge in [0.25, 0.3) is 5.89 Å². The van der Waals surface area contributed by atoms with Crippen molar-refractivity contribution in [2.45, 2.75) is 19.9 Å². The van der Waals surface area contributed by atoms with Gasteiger partial charge in [0.05, 0.1) is 4.88 Å². The van der Waals surface area contributed by atoms with Crippen molar-refractivity contribution in [2.75, 3.05) is 32.7 Å². The molecular weight excluding hydrogens is 316 g/mol. The normalized spacial score (nSPS) is 16.0. The molecule has 1 aliphatic heterocycles. The van der Waals surface area contributed by atoms with E-state index in [0.29, 0.717) is 13.1 Å². The molecule has 0 atom stereocenters. The SMILES string of the molecule is CCCN1CCN(C(=O)Cn2nc(-c3cccs3)oc2=O)CC1. The van der Waals surface area contributed by atoms with E-state index >= 15 is 0 Å². The zero-order valence-corrected chi connectivity index (χ0v) is 13.9. The van der Waals surface area contributed by atoms with Gasteiger partial charge in [-0.15, -0.1) is 16.4 Å². The molecule has 0 aliphatic carbocycles. The number of aromatic nitrogens is 2. The molecule has 0 unspecified atom stereocenters. The summed E-state index contributed by atoms with van der Waals surface area (Å²) in [5.74, 6) is -0.411. The van der Waals surface area contributed by atoms with E-state index in [0.717, 1.165) is 35.6 Å². The monoisotopic (exact) mass is 336 g/mol. The minimum Gasteiger partial charge on any atom is -0.387 e. The molecule has 3 rings (SSSR count). The van der Waals surface area contributed by atoms with Gasteiger partial charge >= 0.3 is 5.76 Å². The zero-order valence-electron chi connectivity index (χ0n) is 13.1. The van der Waals surface area contributed by atoms with Crippen molar-refractivity contribution in [3.63, 3.8) is 0 Å². The van der Waals surface area contributed by atoms with Gasteiger partial charge in [-0.1, -0.05) is 13.0 Å². The van der Waals surface area contributed by atoms with Gasteiger partial charge in [0.15, 0.2) is 0 Å². The van der Waals surface area contributed by atoms with Crippen molar-refractivity contribution in [1.29, 1.82) is 0 Å². The summed E-state index contributed by atoms with van der Waals surface area (Å²) in [6, 6.07) is 3.69. The molecule has 0 spiro atoms. The fraction of sp³-hybridized carbons (Fsp3) is 0.533. The lowest BCUT2D eigenvalue weighted by Gasteiger charge is -2.34. The first-order valence-electron chi connectivity index (χ1n) is 7.79. The van der Waals surface area contributed by atoms with Crippen LogP contribution in [0.15, 0.2) is 26.7 Å². The Morgan fingerprint density at radius 1 is 1.35 bits per heavy atom. The number of hydrogen-bond acceptors (Lipinski definition) is 6. The van der Waals surface area contributed by atoms with E-state index in [9.17, 15) is 9.59 Å². The maximum Gasteiger partial charge on any atom is 0.437 e.